The maximum atomic E-state index is 12.1. The summed E-state index contributed by atoms with van der Waals surface area (Å²) in [5.41, 5.74) is 2.96. The highest BCUT2D eigenvalue weighted by Crippen LogP contribution is 2.33. The second-order valence-corrected chi connectivity index (χ2v) is 6.83. The van der Waals surface area contributed by atoms with Crippen LogP contribution in [-0.4, -0.2) is 26.2 Å². The van der Waals surface area contributed by atoms with Crippen LogP contribution >= 0.6 is 15.9 Å². The molecule has 140 valence electrons. The van der Waals surface area contributed by atoms with Gasteiger partial charge in [0, 0.05) is 16.7 Å². The molecule has 6 heteroatoms. The smallest absolute Gasteiger partial charge is 0.262 e. The van der Waals surface area contributed by atoms with Gasteiger partial charge >= 0.3 is 0 Å². The molecule has 0 aliphatic heterocycles. The number of amides is 1. The molecule has 0 saturated carbocycles. The number of methoxy groups -OCH3 is 1. The molecule has 0 unspecified atom stereocenters. The zero-order valence-electron chi connectivity index (χ0n) is 15.4. The number of anilines is 1. The van der Waals surface area contributed by atoms with E-state index in [0.29, 0.717) is 11.5 Å². The van der Waals surface area contributed by atoms with Crippen molar-refractivity contribution in [2.45, 2.75) is 26.8 Å². The molecule has 0 aliphatic rings. The summed E-state index contributed by atoms with van der Waals surface area (Å²) in [5, 5.41) is 6.16. The molecule has 2 aromatic carbocycles. The van der Waals surface area contributed by atoms with E-state index in [1.54, 1.807) is 7.11 Å². The van der Waals surface area contributed by atoms with Crippen molar-refractivity contribution < 1.29 is 14.3 Å². The second kappa shape index (κ2) is 10.2. The van der Waals surface area contributed by atoms with Gasteiger partial charge in [-0.05, 0) is 49.7 Å². The lowest BCUT2D eigenvalue weighted by Gasteiger charge is -2.14. The lowest BCUT2D eigenvalue weighted by molar-refractivity contribution is -0.118. The van der Waals surface area contributed by atoms with Crippen LogP contribution in [0.3, 0.4) is 0 Å². The van der Waals surface area contributed by atoms with Crippen molar-refractivity contribution in [2.75, 3.05) is 25.6 Å². The lowest BCUT2D eigenvalue weighted by atomic mass is 10.2. The first kappa shape index (κ1) is 20.3. The monoisotopic (exact) mass is 420 g/mol. The number of nitrogens with one attached hydrogen (secondary N) is 2. The molecule has 5 nitrogen and oxygen atoms in total. The highest BCUT2D eigenvalue weighted by Gasteiger charge is 2.12. The van der Waals surface area contributed by atoms with E-state index in [0.717, 1.165) is 40.8 Å². The van der Waals surface area contributed by atoms with Crippen LogP contribution in [0.2, 0.25) is 0 Å². The Bertz CT molecular complexity index is 733. The third-order valence-corrected chi connectivity index (χ3v) is 4.51. The number of aryl methyl sites for hydroxylation is 1. The normalized spacial score (nSPS) is 10.5. The van der Waals surface area contributed by atoms with Gasteiger partial charge in [-0.3, -0.25) is 4.79 Å². The van der Waals surface area contributed by atoms with Gasteiger partial charge in [-0.2, -0.15) is 0 Å². The molecule has 0 spiro atoms. The number of hydrogen-bond acceptors (Lipinski definition) is 4. The number of halogens is 1. The maximum absolute atomic E-state index is 12.1. The van der Waals surface area contributed by atoms with Crippen LogP contribution < -0.4 is 20.1 Å². The fourth-order valence-electron chi connectivity index (χ4n) is 2.36. The van der Waals surface area contributed by atoms with Gasteiger partial charge in [-0.1, -0.05) is 40.5 Å². The summed E-state index contributed by atoms with van der Waals surface area (Å²) < 4.78 is 12.0. The van der Waals surface area contributed by atoms with E-state index < -0.39 is 0 Å². The minimum Gasteiger partial charge on any atom is -0.493 e. The van der Waals surface area contributed by atoms with E-state index in [1.807, 2.05) is 43.3 Å². The molecule has 2 aromatic rings. The second-order valence-electron chi connectivity index (χ2n) is 5.97. The first-order valence-electron chi connectivity index (χ1n) is 8.60. The molecular formula is C20H25BrN2O3. The molecule has 0 atom stereocenters. The SMILES string of the molecule is CCCNCc1cc(OC)c(OCC(=O)Nc2ccc(C)cc2)cc1Br. The summed E-state index contributed by atoms with van der Waals surface area (Å²) in [4.78, 5) is 12.1. The van der Waals surface area contributed by atoms with E-state index >= 15 is 0 Å². The highest BCUT2D eigenvalue weighted by molar-refractivity contribution is 9.10. The highest BCUT2D eigenvalue weighted by atomic mass is 79.9. The largest absolute Gasteiger partial charge is 0.493 e. The predicted octanol–water partition coefficient (Wildman–Crippen LogP) is 4.28. The Hall–Kier alpha value is -2.05. The molecular weight excluding hydrogens is 396 g/mol. The fourth-order valence-corrected chi connectivity index (χ4v) is 2.82. The van der Waals surface area contributed by atoms with Gasteiger partial charge in [0.1, 0.15) is 0 Å². The Labute approximate surface area is 163 Å². The number of benzene rings is 2. The van der Waals surface area contributed by atoms with Gasteiger partial charge in [0.15, 0.2) is 18.1 Å². The van der Waals surface area contributed by atoms with Crippen molar-refractivity contribution >= 4 is 27.5 Å². The Morgan fingerprint density at radius 1 is 1.15 bits per heavy atom. The van der Waals surface area contributed by atoms with Crippen molar-refractivity contribution in [1.29, 1.82) is 0 Å². The standard InChI is InChI=1S/C20H25BrN2O3/c1-4-9-22-12-15-10-18(25-3)19(11-17(15)21)26-13-20(24)23-16-7-5-14(2)6-8-16/h5-8,10-11,22H,4,9,12-13H2,1-3H3,(H,23,24). The minimum absolute atomic E-state index is 0.0931. The van der Waals surface area contributed by atoms with E-state index in [2.05, 4.69) is 33.5 Å². The van der Waals surface area contributed by atoms with E-state index in [-0.39, 0.29) is 12.5 Å². The van der Waals surface area contributed by atoms with Gasteiger partial charge in [0.2, 0.25) is 0 Å². The number of carbonyl (C=O) groups excluding carboxylic acids is 1. The Balaban J connectivity index is 1.98. The van der Waals surface area contributed by atoms with Crippen LogP contribution in [0.15, 0.2) is 40.9 Å². The van der Waals surface area contributed by atoms with Crippen LogP contribution in [0.5, 0.6) is 11.5 Å². The Morgan fingerprint density at radius 2 is 1.88 bits per heavy atom. The summed E-state index contributed by atoms with van der Waals surface area (Å²) in [5.74, 6) is 0.906. The van der Waals surface area contributed by atoms with Crippen molar-refractivity contribution in [3.05, 3.63) is 52.0 Å². The first-order valence-corrected chi connectivity index (χ1v) is 9.39. The number of hydrogen-bond donors (Lipinski definition) is 2. The third-order valence-electron chi connectivity index (χ3n) is 3.77. The van der Waals surface area contributed by atoms with Crippen molar-refractivity contribution in [1.82, 2.24) is 5.32 Å². The first-order chi connectivity index (χ1) is 12.5. The minimum atomic E-state index is -0.222. The van der Waals surface area contributed by atoms with Gasteiger partial charge in [-0.15, -0.1) is 0 Å². The molecule has 1 amide bonds. The third kappa shape index (κ3) is 6.04. The van der Waals surface area contributed by atoms with Crippen LogP contribution in [0.1, 0.15) is 24.5 Å². The molecule has 0 fully saturated rings. The molecule has 26 heavy (non-hydrogen) atoms. The number of carbonyl (C=O) groups is 1. The molecule has 0 aromatic heterocycles. The van der Waals surface area contributed by atoms with Gasteiger partial charge < -0.3 is 20.1 Å². The average Bonchev–Trinajstić information content (AvgIpc) is 2.63. The summed E-state index contributed by atoms with van der Waals surface area (Å²) >= 11 is 3.55. The molecule has 0 aliphatic carbocycles. The van der Waals surface area contributed by atoms with Crippen LogP contribution in [0.4, 0.5) is 5.69 Å². The van der Waals surface area contributed by atoms with Crippen molar-refractivity contribution in [3.63, 3.8) is 0 Å². The maximum Gasteiger partial charge on any atom is 0.262 e. The number of rotatable bonds is 9. The quantitative estimate of drug-likeness (QED) is 0.594. The summed E-state index contributed by atoms with van der Waals surface area (Å²) in [6.07, 6.45) is 1.08. The Kier molecular flexibility index (Phi) is 7.94. The van der Waals surface area contributed by atoms with E-state index in [4.69, 9.17) is 9.47 Å². The summed E-state index contributed by atoms with van der Waals surface area (Å²) in [7, 11) is 1.59. The molecule has 2 N–H and O–H groups in total. The topological polar surface area (TPSA) is 59.6 Å². The van der Waals surface area contributed by atoms with Crippen LogP contribution in [0, 0.1) is 6.92 Å². The van der Waals surface area contributed by atoms with Gasteiger partial charge in [-0.25, -0.2) is 0 Å². The van der Waals surface area contributed by atoms with E-state index in [1.165, 1.54) is 0 Å². The molecule has 2 rings (SSSR count). The molecule has 0 radical (unpaired) electrons. The summed E-state index contributed by atoms with van der Waals surface area (Å²) in [6.45, 7) is 5.72. The lowest BCUT2D eigenvalue weighted by Crippen LogP contribution is -2.20. The van der Waals surface area contributed by atoms with Crippen LogP contribution in [-0.2, 0) is 11.3 Å². The number of ether oxygens (including phenoxy) is 2. The van der Waals surface area contributed by atoms with Gasteiger partial charge in [0.25, 0.3) is 5.91 Å². The molecule has 0 bridgehead atoms. The van der Waals surface area contributed by atoms with Crippen molar-refractivity contribution in [3.8, 4) is 11.5 Å². The van der Waals surface area contributed by atoms with Gasteiger partial charge in [0.05, 0.1) is 7.11 Å². The van der Waals surface area contributed by atoms with Crippen LogP contribution in [0.25, 0.3) is 0 Å². The zero-order chi connectivity index (χ0) is 18.9. The van der Waals surface area contributed by atoms with E-state index in [9.17, 15) is 4.79 Å². The van der Waals surface area contributed by atoms with Crippen molar-refractivity contribution in [2.24, 2.45) is 0 Å². The Morgan fingerprint density at radius 3 is 2.54 bits per heavy atom. The zero-order valence-corrected chi connectivity index (χ0v) is 17.0. The summed E-state index contributed by atoms with van der Waals surface area (Å²) in [6, 6.07) is 11.4. The average molecular weight is 421 g/mol. The fraction of sp³-hybridized carbons (Fsp3) is 0.350. The molecule has 0 heterocycles. The predicted molar refractivity (Wildman–Crippen MR) is 108 cm³/mol. The molecule has 0 saturated heterocycles.